The van der Waals surface area contributed by atoms with Gasteiger partial charge in [0.15, 0.2) is 5.69 Å². The Hall–Kier alpha value is -1.64. The molecule has 0 radical (unpaired) electrons. The SMILES string of the molecule is COCc1c(C(=O)O)nnn1CCC(F)(F)F. The van der Waals surface area contributed by atoms with E-state index in [1.54, 1.807) is 0 Å². The molecule has 1 rings (SSSR count). The molecule has 96 valence electrons. The summed E-state index contributed by atoms with van der Waals surface area (Å²) in [5.74, 6) is -1.35. The number of ether oxygens (including phenoxy) is 1. The molecule has 0 spiro atoms. The van der Waals surface area contributed by atoms with Crippen molar-refractivity contribution in [2.45, 2.75) is 25.7 Å². The third-order valence-electron chi connectivity index (χ3n) is 1.93. The first-order valence-electron chi connectivity index (χ1n) is 4.56. The second-order valence-electron chi connectivity index (χ2n) is 3.21. The van der Waals surface area contributed by atoms with E-state index in [1.165, 1.54) is 7.11 Å². The smallest absolute Gasteiger partial charge is 0.390 e. The number of hydrogen-bond donors (Lipinski definition) is 1. The largest absolute Gasteiger partial charge is 0.476 e. The Labute approximate surface area is 94.0 Å². The molecule has 1 N–H and O–H groups in total. The summed E-state index contributed by atoms with van der Waals surface area (Å²) < 4.78 is 41.6. The normalized spacial score (nSPS) is 11.8. The number of alkyl halides is 3. The minimum Gasteiger partial charge on any atom is -0.476 e. The van der Waals surface area contributed by atoms with E-state index >= 15 is 0 Å². The van der Waals surface area contributed by atoms with E-state index in [4.69, 9.17) is 9.84 Å². The van der Waals surface area contributed by atoms with Crippen LogP contribution in [0.5, 0.6) is 0 Å². The Morgan fingerprint density at radius 3 is 2.65 bits per heavy atom. The fourth-order valence-electron chi connectivity index (χ4n) is 1.19. The van der Waals surface area contributed by atoms with Gasteiger partial charge in [-0.2, -0.15) is 13.2 Å². The number of carboxylic acids is 1. The van der Waals surface area contributed by atoms with Crippen molar-refractivity contribution in [1.29, 1.82) is 0 Å². The molecule has 0 aromatic carbocycles. The van der Waals surface area contributed by atoms with Crippen LogP contribution in [0, 0.1) is 0 Å². The molecule has 0 aliphatic heterocycles. The Morgan fingerprint density at radius 2 is 2.18 bits per heavy atom. The average Bonchev–Trinajstić information content (AvgIpc) is 2.58. The zero-order valence-electron chi connectivity index (χ0n) is 8.86. The molecule has 0 saturated heterocycles. The number of methoxy groups -OCH3 is 1. The van der Waals surface area contributed by atoms with Gasteiger partial charge in [-0.15, -0.1) is 5.10 Å². The number of halogens is 3. The number of carbonyl (C=O) groups is 1. The number of nitrogens with zero attached hydrogens (tertiary/aromatic N) is 3. The molecule has 0 aliphatic carbocycles. The Kier molecular flexibility index (Phi) is 4.05. The molecule has 0 unspecified atom stereocenters. The third kappa shape index (κ3) is 3.70. The van der Waals surface area contributed by atoms with Gasteiger partial charge in [0, 0.05) is 7.11 Å². The summed E-state index contributed by atoms with van der Waals surface area (Å²) in [4.78, 5) is 10.7. The van der Waals surface area contributed by atoms with Crippen molar-refractivity contribution >= 4 is 5.97 Å². The second kappa shape index (κ2) is 5.13. The highest BCUT2D eigenvalue weighted by molar-refractivity contribution is 5.86. The summed E-state index contributed by atoms with van der Waals surface area (Å²) in [5.41, 5.74) is -0.377. The van der Waals surface area contributed by atoms with Crippen LogP contribution in [0.25, 0.3) is 0 Å². The number of rotatable bonds is 5. The second-order valence-corrected chi connectivity index (χ2v) is 3.21. The zero-order valence-corrected chi connectivity index (χ0v) is 8.86. The van der Waals surface area contributed by atoms with Crippen LogP contribution in [0.3, 0.4) is 0 Å². The molecule has 0 saturated carbocycles. The lowest BCUT2D eigenvalue weighted by molar-refractivity contribution is -0.137. The van der Waals surface area contributed by atoms with Crippen molar-refractivity contribution in [3.63, 3.8) is 0 Å². The molecule has 1 aromatic heterocycles. The molecule has 0 aliphatic rings. The Bertz CT molecular complexity index is 402. The van der Waals surface area contributed by atoms with Crippen LogP contribution in [-0.2, 0) is 17.9 Å². The maximum Gasteiger partial charge on any atom is 0.390 e. The molecule has 0 bridgehead atoms. The van der Waals surface area contributed by atoms with Gasteiger partial charge in [0.05, 0.1) is 25.3 Å². The summed E-state index contributed by atoms with van der Waals surface area (Å²) in [6.07, 6.45) is -5.44. The molecule has 0 fully saturated rings. The Balaban J connectivity index is 2.88. The van der Waals surface area contributed by atoms with E-state index in [1.807, 2.05) is 0 Å². The van der Waals surface area contributed by atoms with Gasteiger partial charge in [-0.1, -0.05) is 5.21 Å². The lowest BCUT2D eigenvalue weighted by Crippen LogP contribution is -2.16. The number of carboxylic acid groups (broad SMARTS) is 1. The summed E-state index contributed by atoms with van der Waals surface area (Å²) in [6.45, 7) is -0.644. The highest BCUT2D eigenvalue weighted by Gasteiger charge is 2.28. The maximum atomic E-state index is 12.0. The highest BCUT2D eigenvalue weighted by atomic mass is 19.4. The summed E-state index contributed by atoms with van der Waals surface area (Å²) >= 11 is 0. The molecule has 0 atom stereocenters. The molecule has 0 amide bonds. The molecule has 1 aromatic rings. The predicted molar refractivity (Wildman–Crippen MR) is 48.4 cm³/mol. The average molecular weight is 253 g/mol. The molecule has 17 heavy (non-hydrogen) atoms. The monoisotopic (exact) mass is 253 g/mol. The number of hydrogen-bond acceptors (Lipinski definition) is 4. The van der Waals surface area contributed by atoms with Crippen LogP contribution >= 0.6 is 0 Å². The van der Waals surface area contributed by atoms with Gasteiger partial charge >= 0.3 is 12.1 Å². The van der Waals surface area contributed by atoms with Crippen LogP contribution in [0.15, 0.2) is 0 Å². The first-order chi connectivity index (χ1) is 7.85. The quantitative estimate of drug-likeness (QED) is 0.849. The van der Waals surface area contributed by atoms with Crippen molar-refractivity contribution in [1.82, 2.24) is 15.0 Å². The van der Waals surface area contributed by atoms with Gasteiger partial charge in [-0.3, -0.25) is 0 Å². The summed E-state index contributed by atoms with van der Waals surface area (Å²) in [7, 11) is 1.30. The maximum absolute atomic E-state index is 12.0. The van der Waals surface area contributed by atoms with Crippen LogP contribution in [0.1, 0.15) is 22.6 Å². The van der Waals surface area contributed by atoms with Gasteiger partial charge in [-0.25, -0.2) is 9.48 Å². The highest BCUT2D eigenvalue weighted by Crippen LogP contribution is 2.20. The van der Waals surface area contributed by atoms with E-state index < -0.39 is 30.8 Å². The van der Waals surface area contributed by atoms with Crippen molar-refractivity contribution in [3.8, 4) is 0 Å². The number of aromatic nitrogens is 3. The van der Waals surface area contributed by atoms with E-state index in [-0.39, 0.29) is 12.3 Å². The fraction of sp³-hybridized carbons (Fsp3) is 0.625. The lowest BCUT2D eigenvalue weighted by atomic mass is 10.3. The van der Waals surface area contributed by atoms with Crippen molar-refractivity contribution < 1.29 is 27.8 Å². The zero-order chi connectivity index (χ0) is 13.1. The Morgan fingerprint density at radius 1 is 1.53 bits per heavy atom. The topological polar surface area (TPSA) is 77.2 Å². The van der Waals surface area contributed by atoms with Crippen LogP contribution in [0.4, 0.5) is 13.2 Å². The number of aromatic carboxylic acids is 1. The van der Waals surface area contributed by atoms with Crippen LogP contribution in [0.2, 0.25) is 0 Å². The van der Waals surface area contributed by atoms with Gasteiger partial charge in [0.25, 0.3) is 0 Å². The number of aryl methyl sites for hydroxylation is 1. The van der Waals surface area contributed by atoms with Crippen LogP contribution in [-0.4, -0.2) is 39.4 Å². The predicted octanol–water partition coefficient (Wildman–Crippen LogP) is 1.08. The molecular formula is C8H10F3N3O3. The van der Waals surface area contributed by atoms with E-state index in [2.05, 4.69) is 10.3 Å². The van der Waals surface area contributed by atoms with Gasteiger partial charge in [0.1, 0.15) is 0 Å². The minimum atomic E-state index is -4.33. The lowest BCUT2D eigenvalue weighted by Gasteiger charge is -2.08. The molecule has 1 heterocycles. The van der Waals surface area contributed by atoms with E-state index in [0.29, 0.717) is 0 Å². The van der Waals surface area contributed by atoms with E-state index in [9.17, 15) is 18.0 Å². The van der Waals surface area contributed by atoms with Gasteiger partial charge in [-0.05, 0) is 0 Å². The van der Waals surface area contributed by atoms with E-state index in [0.717, 1.165) is 4.68 Å². The molecule has 9 heteroatoms. The van der Waals surface area contributed by atoms with Crippen molar-refractivity contribution in [2.75, 3.05) is 7.11 Å². The molecular weight excluding hydrogens is 243 g/mol. The van der Waals surface area contributed by atoms with Crippen LogP contribution < -0.4 is 0 Å². The van der Waals surface area contributed by atoms with Crippen molar-refractivity contribution in [2.24, 2.45) is 0 Å². The third-order valence-corrected chi connectivity index (χ3v) is 1.93. The summed E-state index contributed by atoms with van der Waals surface area (Å²) in [5, 5.41) is 15.4. The minimum absolute atomic E-state index is 0.0178. The first kappa shape index (κ1) is 13.4. The standard InChI is InChI=1S/C8H10F3N3O3/c1-17-4-5-6(7(15)16)12-13-14(5)3-2-8(9,10)11/h2-4H2,1H3,(H,15,16). The van der Waals surface area contributed by atoms with Gasteiger partial charge < -0.3 is 9.84 Å². The van der Waals surface area contributed by atoms with Gasteiger partial charge in [0.2, 0.25) is 0 Å². The first-order valence-corrected chi connectivity index (χ1v) is 4.56. The molecule has 6 nitrogen and oxygen atoms in total. The van der Waals surface area contributed by atoms with Crippen molar-refractivity contribution in [3.05, 3.63) is 11.4 Å². The fourth-order valence-corrected chi connectivity index (χ4v) is 1.19. The summed E-state index contributed by atoms with van der Waals surface area (Å²) in [6, 6.07) is 0.